The predicted octanol–water partition coefficient (Wildman–Crippen LogP) is 4.08. The molecule has 0 bridgehead atoms. The van der Waals surface area contributed by atoms with E-state index in [1.54, 1.807) is 55.5 Å². The number of nitriles is 1. The third-order valence-electron chi connectivity index (χ3n) is 3.85. The lowest BCUT2D eigenvalue weighted by molar-refractivity contribution is -0.115. The van der Waals surface area contributed by atoms with Crippen LogP contribution in [0, 0.1) is 11.3 Å². The Balaban J connectivity index is 1.85. The fraction of sp³-hybridized carbons (Fsp3) is 0.100. The van der Waals surface area contributed by atoms with E-state index in [0.717, 1.165) is 11.8 Å². The maximum absolute atomic E-state index is 12.5. The maximum Gasteiger partial charge on any atom is 0.270 e. The number of halogens is 1. The van der Waals surface area contributed by atoms with Crippen molar-refractivity contribution in [3.8, 4) is 17.3 Å². The Morgan fingerprint density at radius 1 is 1.21 bits per heavy atom. The Morgan fingerprint density at radius 2 is 1.89 bits per heavy atom. The van der Waals surface area contributed by atoms with Gasteiger partial charge in [-0.15, -0.1) is 0 Å². The second kappa shape index (κ2) is 8.74. The highest BCUT2D eigenvalue weighted by molar-refractivity contribution is 8.00. The Hall–Kier alpha value is -3.08. The van der Waals surface area contributed by atoms with Gasteiger partial charge in [0.1, 0.15) is 11.6 Å². The zero-order chi connectivity index (χ0) is 20.1. The molecule has 0 unspecified atom stereocenters. The number of carbonyl (C=O) groups excluding carboxylic acids is 1. The number of amides is 1. The molecule has 0 saturated heterocycles. The molecule has 0 saturated carbocycles. The molecule has 140 valence electrons. The van der Waals surface area contributed by atoms with Crippen molar-refractivity contribution in [3.05, 3.63) is 75.5 Å². The summed E-state index contributed by atoms with van der Waals surface area (Å²) in [6, 6.07) is 17.8. The number of hydrogen-bond donors (Lipinski definition) is 2. The predicted molar refractivity (Wildman–Crippen MR) is 110 cm³/mol. The van der Waals surface area contributed by atoms with Crippen LogP contribution in [-0.4, -0.2) is 21.1 Å². The molecule has 1 amide bonds. The summed E-state index contributed by atoms with van der Waals surface area (Å²) in [6.07, 6.45) is 0. The first-order chi connectivity index (χ1) is 13.5. The SMILES string of the molecule is C[C@@H](Sc1nc(-c2ccccc2)c(C#N)c(=O)[nH]1)C(=O)Nc1ccccc1Cl. The van der Waals surface area contributed by atoms with Crippen molar-refractivity contribution >= 4 is 35.0 Å². The van der Waals surface area contributed by atoms with Gasteiger partial charge in [0, 0.05) is 5.56 Å². The molecule has 0 aliphatic heterocycles. The molecule has 0 spiro atoms. The number of nitrogens with zero attached hydrogens (tertiary/aromatic N) is 2. The largest absolute Gasteiger partial charge is 0.324 e. The molecule has 1 atom stereocenters. The molecule has 0 radical (unpaired) electrons. The Labute approximate surface area is 170 Å². The quantitative estimate of drug-likeness (QED) is 0.487. The van der Waals surface area contributed by atoms with Crippen molar-refractivity contribution in [2.24, 2.45) is 0 Å². The second-order valence-corrected chi connectivity index (χ2v) is 7.54. The number of nitrogens with one attached hydrogen (secondary N) is 2. The van der Waals surface area contributed by atoms with Gasteiger partial charge in [-0.1, -0.05) is 65.8 Å². The van der Waals surface area contributed by atoms with Gasteiger partial charge in [-0.2, -0.15) is 5.26 Å². The minimum Gasteiger partial charge on any atom is -0.324 e. The number of hydrogen-bond acceptors (Lipinski definition) is 5. The molecule has 3 aromatic rings. The van der Waals surface area contributed by atoms with Gasteiger partial charge in [0.15, 0.2) is 5.16 Å². The van der Waals surface area contributed by atoms with E-state index in [1.807, 2.05) is 12.1 Å². The number of aromatic nitrogens is 2. The van der Waals surface area contributed by atoms with Crippen LogP contribution in [0.5, 0.6) is 0 Å². The lowest BCUT2D eigenvalue weighted by atomic mass is 10.1. The van der Waals surface area contributed by atoms with E-state index in [1.165, 1.54) is 0 Å². The van der Waals surface area contributed by atoms with Crippen LogP contribution in [-0.2, 0) is 4.79 Å². The average molecular weight is 411 g/mol. The van der Waals surface area contributed by atoms with Gasteiger partial charge >= 0.3 is 0 Å². The van der Waals surface area contributed by atoms with Crippen LogP contribution in [0.3, 0.4) is 0 Å². The molecule has 3 rings (SSSR count). The standard InChI is InChI=1S/C20H15ClN4O2S/c1-12(18(26)23-16-10-6-5-9-15(16)21)28-20-24-17(13-7-3-2-4-8-13)14(11-22)19(27)25-20/h2-10,12H,1H3,(H,23,26)(H,24,25,27)/t12-/m1/s1. The van der Waals surface area contributed by atoms with Crippen molar-refractivity contribution in [2.75, 3.05) is 5.32 Å². The van der Waals surface area contributed by atoms with E-state index in [4.69, 9.17) is 11.6 Å². The number of thioether (sulfide) groups is 1. The van der Waals surface area contributed by atoms with Gasteiger partial charge < -0.3 is 10.3 Å². The van der Waals surface area contributed by atoms with E-state index in [9.17, 15) is 14.9 Å². The van der Waals surface area contributed by atoms with Gasteiger partial charge in [0.25, 0.3) is 5.56 Å². The van der Waals surface area contributed by atoms with Crippen LogP contribution in [0.15, 0.2) is 64.5 Å². The minimum atomic E-state index is -0.559. The number of aromatic amines is 1. The van der Waals surface area contributed by atoms with Gasteiger partial charge in [0.2, 0.25) is 5.91 Å². The molecule has 2 aromatic carbocycles. The van der Waals surface area contributed by atoms with Crippen molar-refractivity contribution < 1.29 is 4.79 Å². The maximum atomic E-state index is 12.5. The topological polar surface area (TPSA) is 98.6 Å². The Bertz CT molecular complexity index is 1110. The zero-order valence-corrected chi connectivity index (χ0v) is 16.3. The fourth-order valence-corrected chi connectivity index (χ4v) is 3.41. The summed E-state index contributed by atoms with van der Waals surface area (Å²) in [6.45, 7) is 1.69. The summed E-state index contributed by atoms with van der Waals surface area (Å²) in [7, 11) is 0. The number of para-hydroxylation sites is 1. The second-order valence-electron chi connectivity index (χ2n) is 5.80. The molecule has 1 heterocycles. The monoisotopic (exact) mass is 410 g/mol. The third kappa shape index (κ3) is 4.42. The molecule has 2 N–H and O–H groups in total. The first-order valence-corrected chi connectivity index (χ1v) is 9.57. The van der Waals surface area contributed by atoms with Gasteiger partial charge in [-0.3, -0.25) is 9.59 Å². The summed E-state index contributed by atoms with van der Waals surface area (Å²) in [5.41, 5.74) is 0.836. The zero-order valence-electron chi connectivity index (χ0n) is 14.8. The molecular weight excluding hydrogens is 396 g/mol. The van der Waals surface area contributed by atoms with Gasteiger partial charge in [0.05, 0.1) is 21.7 Å². The van der Waals surface area contributed by atoms with Crippen LogP contribution < -0.4 is 10.9 Å². The summed E-state index contributed by atoms with van der Waals surface area (Å²) in [5, 5.41) is 12.2. The molecule has 6 nitrogen and oxygen atoms in total. The van der Waals surface area contributed by atoms with Crippen LogP contribution in [0.1, 0.15) is 12.5 Å². The number of rotatable bonds is 5. The number of H-pyrrole nitrogens is 1. The van der Waals surface area contributed by atoms with Crippen molar-refractivity contribution in [3.63, 3.8) is 0 Å². The smallest absolute Gasteiger partial charge is 0.270 e. The third-order valence-corrected chi connectivity index (χ3v) is 5.16. The Morgan fingerprint density at radius 3 is 2.57 bits per heavy atom. The number of carbonyl (C=O) groups is 1. The summed E-state index contributed by atoms with van der Waals surface area (Å²) in [4.78, 5) is 31.7. The minimum absolute atomic E-state index is 0.0660. The summed E-state index contributed by atoms with van der Waals surface area (Å²) in [5.74, 6) is -0.286. The molecule has 0 aliphatic carbocycles. The molecular formula is C20H15ClN4O2S. The van der Waals surface area contributed by atoms with Gasteiger partial charge in [-0.05, 0) is 19.1 Å². The van der Waals surface area contributed by atoms with Crippen LogP contribution in [0.25, 0.3) is 11.3 Å². The molecule has 1 aromatic heterocycles. The molecule has 28 heavy (non-hydrogen) atoms. The van der Waals surface area contributed by atoms with Gasteiger partial charge in [-0.25, -0.2) is 4.98 Å². The molecule has 0 aliphatic rings. The van der Waals surface area contributed by atoms with E-state index >= 15 is 0 Å². The van der Waals surface area contributed by atoms with E-state index in [2.05, 4.69) is 15.3 Å². The van der Waals surface area contributed by atoms with Crippen LogP contribution in [0.4, 0.5) is 5.69 Å². The Kier molecular flexibility index (Phi) is 6.14. The summed E-state index contributed by atoms with van der Waals surface area (Å²) >= 11 is 7.15. The van der Waals surface area contributed by atoms with Crippen molar-refractivity contribution in [2.45, 2.75) is 17.3 Å². The fourth-order valence-electron chi connectivity index (χ4n) is 2.43. The van der Waals surface area contributed by atoms with E-state index in [-0.39, 0.29) is 22.3 Å². The van der Waals surface area contributed by atoms with Crippen LogP contribution in [0.2, 0.25) is 5.02 Å². The molecule has 8 heteroatoms. The summed E-state index contributed by atoms with van der Waals surface area (Å²) < 4.78 is 0. The highest BCUT2D eigenvalue weighted by atomic mass is 35.5. The van der Waals surface area contributed by atoms with Crippen LogP contribution >= 0.6 is 23.4 Å². The van der Waals surface area contributed by atoms with E-state index < -0.39 is 10.8 Å². The lowest BCUT2D eigenvalue weighted by Crippen LogP contribution is -2.24. The highest BCUT2D eigenvalue weighted by Crippen LogP contribution is 2.26. The lowest BCUT2D eigenvalue weighted by Gasteiger charge is -2.13. The number of benzene rings is 2. The number of anilines is 1. The first-order valence-electron chi connectivity index (χ1n) is 8.31. The highest BCUT2D eigenvalue weighted by Gasteiger charge is 2.19. The molecule has 0 fully saturated rings. The van der Waals surface area contributed by atoms with Crippen molar-refractivity contribution in [1.29, 1.82) is 5.26 Å². The van der Waals surface area contributed by atoms with E-state index in [0.29, 0.717) is 16.3 Å². The normalized spacial score (nSPS) is 11.5. The average Bonchev–Trinajstić information content (AvgIpc) is 2.70. The van der Waals surface area contributed by atoms with Crippen molar-refractivity contribution in [1.82, 2.24) is 9.97 Å². The first kappa shape index (κ1) is 19.7.